The van der Waals surface area contributed by atoms with Crippen molar-refractivity contribution in [2.45, 2.75) is 46.1 Å². The van der Waals surface area contributed by atoms with Crippen LogP contribution in [0.25, 0.3) is 0 Å². The van der Waals surface area contributed by atoms with Crippen molar-refractivity contribution in [1.82, 2.24) is 19.4 Å². The van der Waals surface area contributed by atoms with Crippen LogP contribution in [0.3, 0.4) is 0 Å². The number of pyridine rings is 1. The van der Waals surface area contributed by atoms with E-state index in [9.17, 15) is 4.79 Å². The number of hydrogen-bond acceptors (Lipinski definition) is 4. The predicted octanol–water partition coefficient (Wildman–Crippen LogP) is 2.25. The first-order valence-electron chi connectivity index (χ1n) is 7.99. The minimum absolute atomic E-state index is 0.0396. The van der Waals surface area contributed by atoms with Crippen LogP contribution in [0.5, 0.6) is 0 Å². The van der Waals surface area contributed by atoms with Gasteiger partial charge in [0.05, 0.1) is 37.0 Å². The Balaban J connectivity index is 1.79. The Morgan fingerprint density at radius 1 is 1.30 bits per heavy atom. The minimum Gasteiger partial charge on any atom is -0.372 e. The number of rotatable bonds is 4. The Labute approximate surface area is 136 Å². The van der Waals surface area contributed by atoms with Crippen molar-refractivity contribution in [2.75, 3.05) is 6.54 Å². The summed E-state index contributed by atoms with van der Waals surface area (Å²) < 4.78 is 7.82. The fourth-order valence-electron chi connectivity index (χ4n) is 2.73. The molecule has 6 heteroatoms. The fraction of sp³-hybridized carbons (Fsp3) is 0.471. The van der Waals surface area contributed by atoms with Gasteiger partial charge in [-0.3, -0.25) is 9.78 Å². The van der Waals surface area contributed by atoms with E-state index in [4.69, 9.17) is 4.74 Å². The van der Waals surface area contributed by atoms with E-state index in [1.807, 2.05) is 25.1 Å². The maximum Gasteiger partial charge on any atom is 0.254 e. The highest BCUT2D eigenvalue weighted by Crippen LogP contribution is 2.19. The molecule has 0 radical (unpaired) electrons. The molecule has 1 aliphatic heterocycles. The summed E-state index contributed by atoms with van der Waals surface area (Å²) in [5.74, 6) is 0.0396. The molecule has 3 heterocycles. The highest BCUT2D eigenvalue weighted by atomic mass is 16.5. The molecule has 0 fully saturated rings. The smallest absolute Gasteiger partial charge is 0.254 e. The van der Waals surface area contributed by atoms with E-state index in [0.717, 1.165) is 30.9 Å². The second kappa shape index (κ2) is 6.91. The summed E-state index contributed by atoms with van der Waals surface area (Å²) in [6, 6.07) is 3.51. The summed E-state index contributed by atoms with van der Waals surface area (Å²) >= 11 is 0. The number of amides is 1. The molecule has 2 aromatic heterocycles. The van der Waals surface area contributed by atoms with Crippen molar-refractivity contribution in [2.24, 2.45) is 0 Å². The molecule has 0 unspecified atom stereocenters. The van der Waals surface area contributed by atoms with Crippen molar-refractivity contribution in [3.63, 3.8) is 0 Å². The monoisotopic (exact) mass is 314 g/mol. The standard InChI is InChI=1S/C17H22N4O2/c1-13(2)23-11-15-16-10-20(8-3-9-21(16)12-19-15)17(22)14-4-6-18-7-5-14/h4-7,12-13H,3,8-11H2,1-2H3. The van der Waals surface area contributed by atoms with Gasteiger partial charge in [-0.2, -0.15) is 0 Å². The second-order valence-corrected chi connectivity index (χ2v) is 6.01. The number of carbonyl (C=O) groups is 1. The lowest BCUT2D eigenvalue weighted by atomic mass is 10.2. The van der Waals surface area contributed by atoms with Crippen molar-refractivity contribution in [3.05, 3.63) is 47.8 Å². The summed E-state index contributed by atoms with van der Waals surface area (Å²) in [6.45, 7) is 6.69. The molecule has 0 atom stereocenters. The van der Waals surface area contributed by atoms with Gasteiger partial charge in [-0.25, -0.2) is 4.98 Å². The maximum absolute atomic E-state index is 12.7. The van der Waals surface area contributed by atoms with E-state index in [0.29, 0.717) is 18.7 Å². The minimum atomic E-state index is 0.0396. The number of aryl methyl sites for hydroxylation is 1. The number of ether oxygens (including phenoxy) is 1. The largest absolute Gasteiger partial charge is 0.372 e. The lowest BCUT2D eigenvalue weighted by Gasteiger charge is -2.20. The van der Waals surface area contributed by atoms with E-state index >= 15 is 0 Å². The van der Waals surface area contributed by atoms with Crippen LogP contribution >= 0.6 is 0 Å². The molecule has 122 valence electrons. The zero-order valence-corrected chi connectivity index (χ0v) is 13.6. The van der Waals surface area contributed by atoms with Crippen molar-refractivity contribution in [1.29, 1.82) is 0 Å². The molecular weight excluding hydrogens is 292 g/mol. The normalized spacial score (nSPS) is 14.7. The molecule has 3 rings (SSSR count). The number of hydrogen-bond donors (Lipinski definition) is 0. The van der Waals surface area contributed by atoms with Gasteiger partial charge in [0.2, 0.25) is 0 Å². The number of aromatic nitrogens is 3. The van der Waals surface area contributed by atoms with Crippen LogP contribution in [0.2, 0.25) is 0 Å². The summed E-state index contributed by atoms with van der Waals surface area (Å²) in [5.41, 5.74) is 2.67. The summed E-state index contributed by atoms with van der Waals surface area (Å²) in [4.78, 5) is 23.0. The van der Waals surface area contributed by atoms with Crippen molar-refractivity contribution < 1.29 is 9.53 Å². The second-order valence-electron chi connectivity index (χ2n) is 6.01. The quantitative estimate of drug-likeness (QED) is 0.868. The number of imidazole rings is 1. The first-order chi connectivity index (χ1) is 11.1. The Kier molecular flexibility index (Phi) is 4.71. The van der Waals surface area contributed by atoms with Gasteiger partial charge in [0.25, 0.3) is 5.91 Å². The van der Waals surface area contributed by atoms with Crippen LogP contribution in [0, 0.1) is 0 Å². The molecule has 1 aliphatic rings. The highest BCUT2D eigenvalue weighted by molar-refractivity contribution is 5.94. The predicted molar refractivity (Wildman–Crippen MR) is 85.7 cm³/mol. The summed E-state index contributed by atoms with van der Waals surface area (Å²) in [6.07, 6.45) is 6.24. The van der Waals surface area contributed by atoms with Gasteiger partial charge in [-0.1, -0.05) is 0 Å². The lowest BCUT2D eigenvalue weighted by molar-refractivity contribution is 0.0620. The molecule has 0 saturated heterocycles. The molecule has 0 aliphatic carbocycles. The Morgan fingerprint density at radius 3 is 2.83 bits per heavy atom. The van der Waals surface area contributed by atoms with Gasteiger partial charge >= 0.3 is 0 Å². The molecule has 23 heavy (non-hydrogen) atoms. The summed E-state index contributed by atoms with van der Waals surface area (Å²) in [7, 11) is 0. The number of nitrogens with zero attached hydrogens (tertiary/aromatic N) is 4. The number of carbonyl (C=O) groups excluding carboxylic acids is 1. The molecule has 2 aromatic rings. The lowest BCUT2D eigenvalue weighted by Crippen LogP contribution is -2.31. The Bertz CT molecular complexity index is 666. The van der Waals surface area contributed by atoms with Crippen molar-refractivity contribution >= 4 is 5.91 Å². The molecule has 0 bridgehead atoms. The molecule has 0 saturated carbocycles. The van der Waals surface area contributed by atoms with Crippen LogP contribution in [0.15, 0.2) is 30.9 Å². The van der Waals surface area contributed by atoms with E-state index in [-0.39, 0.29) is 12.0 Å². The van der Waals surface area contributed by atoms with E-state index in [2.05, 4.69) is 14.5 Å². The molecule has 0 spiro atoms. The fourth-order valence-corrected chi connectivity index (χ4v) is 2.73. The van der Waals surface area contributed by atoms with Gasteiger partial charge in [-0.05, 0) is 32.4 Å². The van der Waals surface area contributed by atoms with Gasteiger partial charge < -0.3 is 14.2 Å². The Hall–Kier alpha value is -2.21. The highest BCUT2D eigenvalue weighted by Gasteiger charge is 2.23. The SMILES string of the molecule is CC(C)OCc1ncn2c1CN(C(=O)c1ccncc1)CCC2. The van der Waals surface area contributed by atoms with Crippen LogP contribution in [-0.2, 0) is 24.4 Å². The zero-order chi connectivity index (χ0) is 16.2. The van der Waals surface area contributed by atoms with Crippen LogP contribution in [0.1, 0.15) is 42.0 Å². The topological polar surface area (TPSA) is 60.2 Å². The molecular formula is C17H22N4O2. The Morgan fingerprint density at radius 2 is 2.09 bits per heavy atom. The van der Waals surface area contributed by atoms with Crippen LogP contribution in [-0.4, -0.2) is 38.0 Å². The maximum atomic E-state index is 12.7. The average Bonchev–Trinajstić information content (AvgIpc) is 2.81. The van der Waals surface area contributed by atoms with E-state index in [1.165, 1.54) is 0 Å². The molecule has 0 N–H and O–H groups in total. The number of fused-ring (bicyclic) bond motifs is 1. The van der Waals surface area contributed by atoms with E-state index < -0.39 is 0 Å². The molecule has 0 aromatic carbocycles. The summed E-state index contributed by atoms with van der Waals surface area (Å²) in [5, 5.41) is 0. The molecule has 1 amide bonds. The third-order valence-electron chi connectivity index (χ3n) is 3.97. The van der Waals surface area contributed by atoms with Crippen molar-refractivity contribution in [3.8, 4) is 0 Å². The van der Waals surface area contributed by atoms with Gasteiger partial charge in [-0.15, -0.1) is 0 Å². The molecule has 6 nitrogen and oxygen atoms in total. The average molecular weight is 314 g/mol. The third kappa shape index (κ3) is 3.59. The van der Waals surface area contributed by atoms with E-state index in [1.54, 1.807) is 24.5 Å². The zero-order valence-electron chi connectivity index (χ0n) is 13.6. The van der Waals surface area contributed by atoms with Crippen LogP contribution < -0.4 is 0 Å². The van der Waals surface area contributed by atoms with Gasteiger partial charge in [0, 0.05) is 31.0 Å². The third-order valence-corrected chi connectivity index (χ3v) is 3.97. The van der Waals surface area contributed by atoms with Gasteiger partial charge in [0.1, 0.15) is 0 Å². The van der Waals surface area contributed by atoms with Crippen LogP contribution in [0.4, 0.5) is 0 Å². The first kappa shape index (κ1) is 15.7. The van der Waals surface area contributed by atoms with Gasteiger partial charge in [0.15, 0.2) is 0 Å². The first-order valence-corrected chi connectivity index (χ1v) is 7.99.